The van der Waals surface area contributed by atoms with Crippen molar-refractivity contribution in [2.45, 2.75) is 11.8 Å². The highest BCUT2D eigenvalue weighted by Crippen LogP contribution is 2.21. The Balaban J connectivity index is 1.70. The molecule has 1 saturated heterocycles. The van der Waals surface area contributed by atoms with E-state index in [0.717, 1.165) is 10.0 Å². The van der Waals surface area contributed by atoms with Gasteiger partial charge in [0.1, 0.15) is 0 Å². The molecule has 1 aliphatic heterocycles. The van der Waals surface area contributed by atoms with Gasteiger partial charge in [-0.2, -0.15) is 4.31 Å². The molecule has 2 aromatic carbocycles. The molecule has 0 aromatic heterocycles. The number of aryl methyl sites for hydroxylation is 1. The zero-order chi connectivity index (χ0) is 18.0. The fourth-order valence-electron chi connectivity index (χ4n) is 2.87. The van der Waals surface area contributed by atoms with Crippen molar-refractivity contribution in [1.29, 1.82) is 0 Å². The summed E-state index contributed by atoms with van der Waals surface area (Å²) in [7, 11) is -3.53. The lowest BCUT2D eigenvalue weighted by Gasteiger charge is -2.34. The molecule has 132 valence electrons. The van der Waals surface area contributed by atoms with E-state index in [4.69, 9.17) is 0 Å². The number of sulfonamides is 1. The first-order chi connectivity index (χ1) is 11.9. The Morgan fingerprint density at radius 2 is 1.56 bits per heavy atom. The number of hydrogen-bond donors (Lipinski definition) is 0. The topological polar surface area (TPSA) is 57.7 Å². The number of nitrogens with zero attached hydrogens (tertiary/aromatic N) is 2. The van der Waals surface area contributed by atoms with Gasteiger partial charge in [-0.15, -0.1) is 0 Å². The molecule has 2 aromatic rings. The number of hydrogen-bond acceptors (Lipinski definition) is 3. The highest BCUT2D eigenvalue weighted by atomic mass is 79.9. The van der Waals surface area contributed by atoms with Gasteiger partial charge in [0.2, 0.25) is 10.0 Å². The molecular formula is C18H19BrN2O3S. The molecule has 3 rings (SSSR count). The number of carbonyl (C=O) groups excluding carboxylic acids is 1. The Morgan fingerprint density at radius 1 is 0.960 bits per heavy atom. The summed E-state index contributed by atoms with van der Waals surface area (Å²) in [6, 6.07) is 14.1. The average molecular weight is 423 g/mol. The van der Waals surface area contributed by atoms with Gasteiger partial charge in [-0.05, 0) is 42.8 Å². The molecule has 1 aliphatic rings. The summed E-state index contributed by atoms with van der Waals surface area (Å²) in [5, 5.41) is 0. The summed E-state index contributed by atoms with van der Waals surface area (Å²) in [5.74, 6) is -0.0428. The maximum atomic E-state index is 12.7. The summed E-state index contributed by atoms with van der Waals surface area (Å²) >= 11 is 3.31. The van der Waals surface area contributed by atoms with Crippen LogP contribution in [0.15, 0.2) is 57.9 Å². The lowest BCUT2D eigenvalue weighted by atomic mass is 10.1. The molecule has 7 heteroatoms. The van der Waals surface area contributed by atoms with Gasteiger partial charge in [0.25, 0.3) is 5.91 Å². The Kier molecular flexibility index (Phi) is 5.27. The first-order valence-corrected chi connectivity index (χ1v) is 10.2. The minimum Gasteiger partial charge on any atom is -0.336 e. The largest absolute Gasteiger partial charge is 0.336 e. The van der Waals surface area contributed by atoms with Crippen molar-refractivity contribution in [3.63, 3.8) is 0 Å². The Hall–Kier alpha value is -1.70. The molecule has 1 heterocycles. The van der Waals surface area contributed by atoms with E-state index in [1.54, 1.807) is 29.2 Å². The van der Waals surface area contributed by atoms with Gasteiger partial charge >= 0.3 is 0 Å². The first kappa shape index (κ1) is 18.1. The fraction of sp³-hybridized carbons (Fsp3) is 0.278. The molecule has 0 aliphatic carbocycles. The van der Waals surface area contributed by atoms with Crippen LogP contribution in [0, 0.1) is 6.92 Å². The number of carbonyl (C=O) groups is 1. The minimum atomic E-state index is -3.53. The molecule has 1 fully saturated rings. The van der Waals surface area contributed by atoms with Crippen LogP contribution in [0.25, 0.3) is 0 Å². The number of piperazine rings is 1. The van der Waals surface area contributed by atoms with Crippen molar-refractivity contribution in [3.8, 4) is 0 Å². The second kappa shape index (κ2) is 7.27. The Morgan fingerprint density at radius 3 is 2.16 bits per heavy atom. The standard InChI is InChI=1S/C18H19BrN2O3S/c1-14-4-2-3-5-17(14)18(22)20-10-12-21(13-11-20)25(23,24)16-8-6-15(19)7-9-16/h2-9H,10-13H2,1H3. The van der Waals surface area contributed by atoms with Crippen LogP contribution in [-0.4, -0.2) is 49.7 Å². The summed E-state index contributed by atoms with van der Waals surface area (Å²) in [6.07, 6.45) is 0. The Bertz CT molecular complexity index is 873. The number of rotatable bonds is 3. The zero-order valence-electron chi connectivity index (χ0n) is 13.9. The molecule has 5 nitrogen and oxygen atoms in total. The second-order valence-electron chi connectivity index (χ2n) is 5.97. The maximum absolute atomic E-state index is 12.7. The van der Waals surface area contributed by atoms with Crippen LogP contribution in [0.3, 0.4) is 0 Å². The number of amides is 1. The van der Waals surface area contributed by atoms with Crippen LogP contribution in [0.1, 0.15) is 15.9 Å². The third-order valence-electron chi connectivity index (χ3n) is 4.35. The molecule has 0 radical (unpaired) electrons. The maximum Gasteiger partial charge on any atom is 0.254 e. The van der Waals surface area contributed by atoms with Crippen LogP contribution >= 0.6 is 15.9 Å². The van der Waals surface area contributed by atoms with Gasteiger partial charge in [0.05, 0.1) is 4.90 Å². The van der Waals surface area contributed by atoms with Gasteiger partial charge in [-0.3, -0.25) is 4.79 Å². The van der Waals surface area contributed by atoms with E-state index in [9.17, 15) is 13.2 Å². The minimum absolute atomic E-state index is 0.0428. The van der Waals surface area contributed by atoms with Crippen LogP contribution in [0.4, 0.5) is 0 Å². The van der Waals surface area contributed by atoms with Crippen LogP contribution in [-0.2, 0) is 10.0 Å². The van der Waals surface area contributed by atoms with Crippen LogP contribution in [0.5, 0.6) is 0 Å². The highest BCUT2D eigenvalue weighted by Gasteiger charge is 2.30. The third kappa shape index (κ3) is 3.78. The van der Waals surface area contributed by atoms with E-state index >= 15 is 0 Å². The summed E-state index contributed by atoms with van der Waals surface area (Å²) < 4.78 is 27.7. The Labute approximate surface area is 156 Å². The van der Waals surface area contributed by atoms with Crippen molar-refractivity contribution in [1.82, 2.24) is 9.21 Å². The average Bonchev–Trinajstić information content (AvgIpc) is 2.62. The lowest BCUT2D eigenvalue weighted by molar-refractivity contribution is 0.0697. The number of benzene rings is 2. The predicted molar refractivity (Wildman–Crippen MR) is 100.0 cm³/mol. The molecule has 1 amide bonds. The normalized spacial score (nSPS) is 16.0. The van der Waals surface area contributed by atoms with E-state index in [1.165, 1.54) is 4.31 Å². The van der Waals surface area contributed by atoms with E-state index in [1.807, 2.05) is 31.2 Å². The SMILES string of the molecule is Cc1ccccc1C(=O)N1CCN(S(=O)(=O)c2ccc(Br)cc2)CC1. The van der Waals surface area contributed by atoms with Crippen LogP contribution in [0.2, 0.25) is 0 Å². The van der Waals surface area contributed by atoms with Crippen molar-refractivity contribution >= 4 is 31.9 Å². The van der Waals surface area contributed by atoms with Gasteiger partial charge in [-0.25, -0.2) is 8.42 Å². The van der Waals surface area contributed by atoms with Gasteiger partial charge in [-0.1, -0.05) is 34.1 Å². The molecule has 0 bridgehead atoms. The van der Waals surface area contributed by atoms with E-state index < -0.39 is 10.0 Å². The van der Waals surface area contributed by atoms with Crippen molar-refractivity contribution in [2.75, 3.05) is 26.2 Å². The van der Waals surface area contributed by atoms with Crippen LogP contribution < -0.4 is 0 Å². The second-order valence-corrected chi connectivity index (χ2v) is 8.82. The molecule has 0 saturated carbocycles. The monoisotopic (exact) mass is 422 g/mol. The molecule has 0 atom stereocenters. The predicted octanol–water partition coefficient (Wildman–Crippen LogP) is 2.90. The van der Waals surface area contributed by atoms with Gasteiger partial charge in [0, 0.05) is 36.2 Å². The van der Waals surface area contributed by atoms with E-state index in [-0.39, 0.29) is 10.8 Å². The zero-order valence-corrected chi connectivity index (χ0v) is 16.3. The van der Waals surface area contributed by atoms with Gasteiger partial charge < -0.3 is 4.90 Å². The quantitative estimate of drug-likeness (QED) is 0.763. The molecule has 0 spiro atoms. The number of halogens is 1. The smallest absolute Gasteiger partial charge is 0.254 e. The summed E-state index contributed by atoms with van der Waals surface area (Å²) in [5.41, 5.74) is 1.60. The van der Waals surface area contributed by atoms with Crippen molar-refractivity contribution in [2.24, 2.45) is 0 Å². The first-order valence-electron chi connectivity index (χ1n) is 8.00. The molecule has 0 N–H and O–H groups in total. The highest BCUT2D eigenvalue weighted by molar-refractivity contribution is 9.10. The lowest BCUT2D eigenvalue weighted by Crippen LogP contribution is -2.50. The summed E-state index contributed by atoms with van der Waals surface area (Å²) in [4.78, 5) is 14.6. The fourth-order valence-corrected chi connectivity index (χ4v) is 4.56. The molecular weight excluding hydrogens is 404 g/mol. The van der Waals surface area contributed by atoms with E-state index in [0.29, 0.717) is 31.7 Å². The van der Waals surface area contributed by atoms with Gasteiger partial charge in [0.15, 0.2) is 0 Å². The third-order valence-corrected chi connectivity index (χ3v) is 6.79. The van der Waals surface area contributed by atoms with Crippen molar-refractivity contribution in [3.05, 3.63) is 64.1 Å². The molecule has 25 heavy (non-hydrogen) atoms. The van der Waals surface area contributed by atoms with Crippen molar-refractivity contribution < 1.29 is 13.2 Å². The molecule has 0 unspecified atom stereocenters. The summed E-state index contributed by atoms with van der Waals surface area (Å²) in [6.45, 7) is 3.29. The van der Waals surface area contributed by atoms with E-state index in [2.05, 4.69) is 15.9 Å².